The standard InChI is InChI=1S/C8H7FN2O3/c9-2-4-14-8(12)11-6-1-3-13-7(6)5-10-11/h1,3,5H,2,4H2. The lowest BCUT2D eigenvalue weighted by Crippen LogP contribution is -2.15. The Labute approximate surface area is 78.1 Å². The molecule has 2 aromatic rings. The average molecular weight is 198 g/mol. The summed E-state index contributed by atoms with van der Waals surface area (Å²) in [6.45, 7) is -0.973. The Morgan fingerprint density at radius 2 is 2.57 bits per heavy atom. The first-order valence-corrected chi connectivity index (χ1v) is 3.97. The Morgan fingerprint density at radius 3 is 3.36 bits per heavy atom. The van der Waals surface area contributed by atoms with Gasteiger partial charge in [-0.3, -0.25) is 0 Å². The van der Waals surface area contributed by atoms with Crippen molar-refractivity contribution in [3.8, 4) is 0 Å². The van der Waals surface area contributed by atoms with Crippen LogP contribution in [0.5, 0.6) is 0 Å². The smallest absolute Gasteiger partial charge is 0.435 e. The number of halogens is 1. The van der Waals surface area contributed by atoms with Crippen LogP contribution in [0.3, 0.4) is 0 Å². The van der Waals surface area contributed by atoms with Crippen molar-refractivity contribution in [2.24, 2.45) is 0 Å². The number of furan rings is 1. The molecule has 0 bridgehead atoms. The van der Waals surface area contributed by atoms with E-state index in [9.17, 15) is 9.18 Å². The molecule has 0 aliphatic carbocycles. The van der Waals surface area contributed by atoms with Gasteiger partial charge in [0, 0.05) is 6.07 Å². The molecule has 0 aliphatic heterocycles. The van der Waals surface area contributed by atoms with Gasteiger partial charge in [-0.05, 0) is 0 Å². The molecular formula is C8H7FN2O3. The number of hydrogen-bond donors (Lipinski definition) is 0. The summed E-state index contributed by atoms with van der Waals surface area (Å²) in [4.78, 5) is 11.2. The number of carbonyl (C=O) groups excluding carboxylic acids is 1. The minimum atomic E-state index is -0.709. The number of carbonyl (C=O) groups is 1. The van der Waals surface area contributed by atoms with Crippen molar-refractivity contribution in [1.29, 1.82) is 0 Å². The number of aromatic nitrogens is 2. The van der Waals surface area contributed by atoms with E-state index in [0.717, 1.165) is 4.68 Å². The summed E-state index contributed by atoms with van der Waals surface area (Å²) < 4.78 is 22.3. The second-order valence-electron chi connectivity index (χ2n) is 2.53. The molecule has 14 heavy (non-hydrogen) atoms. The summed E-state index contributed by atoms with van der Waals surface area (Å²) in [6.07, 6.45) is 2.12. The van der Waals surface area contributed by atoms with Crippen molar-refractivity contribution in [2.75, 3.05) is 13.3 Å². The third kappa shape index (κ3) is 1.34. The van der Waals surface area contributed by atoms with Crippen molar-refractivity contribution >= 4 is 17.2 Å². The van der Waals surface area contributed by atoms with Crippen LogP contribution in [-0.4, -0.2) is 29.2 Å². The monoisotopic (exact) mass is 198 g/mol. The number of alkyl halides is 1. The van der Waals surface area contributed by atoms with E-state index < -0.39 is 12.8 Å². The lowest BCUT2D eigenvalue weighted by atomic mass is 10.5. The van der Waals surface area contributed by atoms with E-state index in [1.54, 1.807) is 6.07 Å². The highest BCUT2D eigenvalue weighted by Crippen LogP contribution is 2.14. The molecular weight excluding hydrogens is 191 g/mol. The minimum Gasteiger partial charge on any atom is -0.461 e. The van der Waals surface area contributed by atoms with Gasteiger partial charge < -0.3 is 9.15 Å². The summed E-state index contributed by atoms with van der Waals surface area (Å²) in [5, 5.41) is 3.73. The van der Waals surface area contributed by atoms with Gasteiger partial charge in [-0.15, -0.1) is 0 Å². The number of rotatable bonds is 2. The molecule has 0 spiro atoms. The molecule has 0 radical (unpaired) electrons. The van der Waals surface area contributed by atoms with Gasteiger partial charge in [0.05, 0.1) is 12.5 Å². The SMILES string of the molecule is O=C(OCCF)n1ncc2occc21. The van der Waals surface area contributed by atoms with E-state index in [1.165, 1.54) is 12.5 Å². The maximum absolute atomic E-state index is 11.7. The third-order valence-electron chi connectivity index (χ3n) is 1.67. The molecule has 5 nitrogen and oxygen atoms in total. The van der Waals surface area contributed by atoms with E-state index >= 15 is 0 Å². The molecule has 2 rings (SSSR count). The van der Waals surface area contributed by atoms with E-state index in [1.807, 2.05) is 0 Å². The predicted octanol–water partition coefficient (Wildman–Crippen LogP) is 1.58. The minimum absolute atomic E-state index is 0.266. The van der Waals surface area contributed by atoms with Crippen LogP contribution in [-0.2, 0) is 4.74 Å². The fourth-order valence-corrected chi connectivity index (χ4v) is 1.09. The zero-order valence-electron chi connectivity index (χ0n) is 7.14. The molecule has 0 atom stereocenters. The highest BCUT2D eigenvalue weighted by Gasteiger charge is 2.12. The van der Waals surface area contributed by atoms with Gasteiger partial charge in [-0.25, -0.2) is 9.18 Å². The van der Waals surface area contributed by atoms with E-state index in [4.69, 9.17) is 4.42 Å². The van der Waals surface area contributed by atoms with Crippen molar-refractivity contribution < 1.29 is 18.3 Å². The molecule has 6 heteroatoms. The summed E-state index contributed by atoms with van der Waals surface area (Å²) in [7, 11) is 0. The van der Waals surface area contributed by atoms with Crippen LogP contribution < -0.4 is 0 Å². The number of nitrogens with zero attached hydrogens (tertiary/aromatic N) is 2. The first kappa shape index (κ1) is 8.74. The maximum Gasteiger partial charge on any atom is 0.435 e. The summed E-state index contributed by atoms with van der Waals surface area (Å²) >= 11 is 0. The second-order valence-corrected chi connectivity index (χ2v) is 2.53. The Hall–Kier alpha value is -1.85. The Bertz CT molecular complexity index is 448. The molecule has 74 valence electrons. The van der Waals surface area contributed by atoms with Gasteiger partial charge in [0.1, 0.15) is 18.8 Å². The first-order chi connectivity index (χ1) is 6.83. The van der Waals surface area contributed by atoms with E-state index in [0.29, 0.717) is 11.1 Å². The van der Waals surface area contributed by atoms with E-state index in [-0.39, 0.29) is 6.61 Å². The van der Waals surface area contributed by atoms with Gasteiger partial charge in [-0.2, -0.15) is 9.78 Å². The quantitative estimate of drug-likeness (QED) is 0.735. The fraction of sp³-hybridized carbons (Fsp3) is 0.250. The molecule has 0 aliphatic rings. The third-order valence-corrected chi connectivity index (χ3v) is 1.67. The predicted molar refractivity (Wildman–Crippen MR) is 44.7 cm³/mol. The fourth-order valence-electron chi connectivity index (χ4n) is 1.09. The van der Waals surface area contributed by atoms with E-state index in [2.05, 4.69) is 9.84 Å². The number of fused-ring (bicyclic) bond motifs is 1. The first-order valence-electron chi connectivity index (χ1n) is 3.97. The second kappa shape index (κ2) is 3.49. The normalized spacial score (nSPS) is 10.6. The average Bonchev–Trinajstić information content (AvgIpc) is 2.74. The van der Waals surface area contributed by atoms with Crippen LogP contribution in [0, 0.1) is 0 Å². The Balaban J connectivity index is 2.25. The molecule has 0 fully saturated rings. The van der Waals surface area contributed by atoms with Crippen LogP contribution in [0.4, 0.5) is 9.18 Å². The van der Waals surface area contributed by atoms with Crippen molar-refractivity contribution in [1.82, 2.24) is 9.78 Å². The molecule has 0 saturated carbocycles. The Kier molecular flexibility index (Phi) is 2.18. The van der Waals surface area contributed by atoms with Crippen LogP contribution >= 0.6 is 0 Å². The zero-order valence-corrected chi connectivity index (χ0v) is 7.14. The van der Waals surface area contributed by atoms with Gasteiger partial charge >= 0.3 is 6.09 Å². The number of ether oxygens (including phenoxy) is 1. The lowest BCUT2D eigenvalue weighted by Gasteiger charge is -2.00. The van der Waals surface area contributed by atoms with Gasteiger partial charge in [0.2, 0.25) is 0 Å². The summed E-state index contributed by atoms with van der Waals surface area (Å²) in [6, 6.07) is 1.58. The Morgan fingerprint density at radius 1 is 1.71 bits per heavy atom. The molecule has 0 amide bonds. The van der Waals surface area contributed by atoms with Crippen molar-refractivity contribution in [3.63, 3.8) is 0 Å². The number of hydrogen-bond acceptors (Lipinski definition) is 4. The van der Waals surface area contributed by atoms with Crippen LogP contribution in [0.25, 0.3) is 11.1 Å². The van der Waals surface area contributed by atoms with Gasteiger partial charge in [-0.1, -0.05) is 0 Å². The van der Waals surface area contributed by atoms with Crippen LogP contribution in [0.1, 0.15) is 0 Å². The highest BCUT2D eigenvalue weighted by atomic mass is 19.1. The topological polar surface area (TPSA) is 57.3 Å². The largest absolute Gasteiger partial charge is 0.461 e. The highest BCUT2D eigenvalue weighted by molar-refractivity contribution is 5.84. The zero-order chi connectivity index (χ0) is 9.97. The lowest BCUT2D eigenvalue weighted by molar-refractivity contribution is 0.137. The molecule has 2 aromatic heterocycles. The van der Waals surface area contributed by atoms with Gasteiger partial charge in [0.15, 0.2) is 5.58 Å². The van der Waals surface area contributed by atoms with Gasteiger partial charge in [0.25, 0.3) is 0 Å². The summed E-state index contributed by atoms with van der Waals surface area (Å²) in [5.41, 5.74) is 0.996. The van der Waals surface area contributed by atoms with Crippen molar-refractivity contribution in [3.05, 3.63) is 18.5 Å². The molecule has 0 saturated heterocycles. The molecule has 0 N–H and O–H groups in total. The molecule has 2 heterocycles. The summed E-state index contributed by atoms with van der Waals surface area (Å²) in [5.74, 6) is 0. The molecule has 0 aromatic carbocycles. The van der Waals surface area contributed by atoms with Crippen molar-refractivity contribution in [2.45, 2.75) is 0 Å². The molecule has 0 unspecified atom stereocenters. The van der Waals surface area contributed by atoms with Crippen LogP contribution in [0.2, 0.25) is 0 Å². The maximum atomic E-state index is 11.7. The van der Waals surface area contributed by atoms with Crippen LogP contribution in [0.15, 0.2) is 22.9 Å².